The molecule has 212 valence electrons. The maximum absolute atomic E-state index is 15.0. The molecule has 2 aromatic rings. The Labute approximate surface area is 226 Å². The zero-order chi connectivity index (χ0) is 28.2. The first-order valence-corrected chi connectivity index (χ1v) is 12.9. The van der Waals surface area contributed by atoms with Crippen LogP contribution in [0.4, 0.5) is 38.0 Å². The summed E-state index contributed by atoms with van der Waals surface area (Å²) >= 11 is 0. The van der Waals surface area contributed by atoms with Crippen LogP contribution in [0.15, 0.2) is 24.4 Å². The number of nitrogens with zero attached hydrogens (tertiary/aromatic N) is 6. The summed E-state index contributed by atoms with van der Waals surface area (Å²) in [7, 11) is 0. The van der Waals surface area contributed by atoms with Crippen LogP contribution in [0.1, 0.15) is 27.2 Å². The summed E-state index contributed by atoms with van der Waals surface area (Å²) in [4.78, 5) is 37.4. The first kappa shape index (κ1) is 28.2. The van der Waals surface area contributed by atoms with E-state index in [0.717, 1.165) is 38.1 Å². The Morgan fingerprint density at radius 1 is 1.26 bits per heavy atom. The topological polar surface area (TPSA) is 149 Å². The molecular formula is C25H35FN8O5. The molecule has 14 heteroatoms. The van der Waals surface area contributed by atoms with Gasteiger partial charge in [-0.2, -0.15) is 4.98 Å². The number of rotatable bonds is 8. The molecule has 4 rings (SSSR count). The third-order valence-corrected chi connectivity index (χ3v) is 6.50. The molecule has 0 spiro atoms. The Bertz CT molecular complexity index is 1190. The summed E-state index contributed by atoms with van der Waals surface area (Å²) in [6.45, 7) is 9.83. The third-order valence-electron chi connectivity index (χ3n) is 6.50. The number of carbonyl (C=O) groups is 1. The molecule has 13 nitrogen and oxygen atoms in total. The number of hydrogen-bond donors (Lipinski definition) is 3. The van der Waals surface area contributed by atoms with Crippen molar-refractivity contribution in [3.8, 4) is 0 Å². The minimum absolute atomic E-state index is 0.00522. The number of aromatic nitrogens is 2. The number of hydrogen-bond acceptors (Lipinski definition) is 11. The number of piperazine rings is 1. The lowest BCUT2D eigenvalue weighted by Crippen LogP contribution is -2.47. The van der Waals surface area contributed by atoms with E-state index in [4.69, 9.17) is 9.84 Å². The fourth-order valence-corrected chi connectivity index (χ4v) is 4.53. The maximum atomic E-state index is 15.0. The SMILES string of the molecule is CC(C)(C)OC(=O)N1CCC(Nc2nc(Nc3ccc(N4CCN(CCO)CC4)cc3F)ncc2[N+](=O)[O-])C1. The highest BCUT2D eigenvalue weighted by Gasteiger charge is 2.31. The van der Waals surface area contributed by atoms with Crippen LogP contribution in [-0.4, -0.2) is 100.0 Å². The van der Waals surface area contributed by atoms with Gasteiger partial charge >= 0.3 is 11.8 Å². The number of β-amino-alcohol motifs (C(OH)–C–C–N with tert-alkyl or cyclic N) is 1. The van der Waals surface area contributed by atoms with Crippen LogP contribution >= 0.6 is 0 Å². The molecule has 0 saturated carbocycles. The average Bonchev–Trinajstić information content (AvgIpc) is 3.34. The van der Waals surface area contributed by atoms with Crippen molar-refractivity contribution in [2.45, 2.75) is 38.8 Å². The van der Waals surface area contributed by atoms with E-state index in [-0.39, 0.29) is 35.8 Å². The lowest BCUT2D eigenvalue weighted by atomic mass is 10.2. The van der Waals surface area contributed by atoms with Gasteiger partial charge in [0.2, 0.25) is 11.8 Å². The largest absolute Gasteiger partial charge is 0.444 e. The molecule has 3 heterocycles. The Kier molecular flexibility index (Phi) is 8.65. The minimum Gasteiger partial charge on any atom is -0.444 e. The van der Waals surface area contributed by atoms with Crippen LogP contribution in [0.5, 0.6) is 0 Å². The smallest absolute Gasteiger partial charge is 0.410 e. The number of amides is 1. The van der Waals surface area contributed by atoms with Crippen LogP contribution in [0.25, 0.3) is 0 Å². The first-order valence-electron chi connectivity index (χ1n) is 12.9. The molecule has 1 atom stereocenters. The van der Waals surface area contributed by atoms with Gasteiger partial charge < -0.3 is 30.3 Å². The Balaban J connectivity index is 1.42. The van der Waals surface area contributed by atoms with Crippen LogP contribution in [-0.2, 0) is 4.74 Å². The fraction of sp³-hybridized carbons (Fsp3) is 0.560. The number of likely N-dealkylation sites (tertiary alicyclic amines) is 1. The molecular weight excluding hydrogens is 511 g/mol. The highest BCUT2D eigenvalue weighted by Crippen LogP contribution is 2.28. The molecule has 0 radical (unpaired) electrons. The Morgan fingerprint density at radius 3 is 2.64 bits per heavy atom. The quantitative estimate of drug-likeness (QED) is 0.331. The molecule has 2 saturated heterocycles. The van der Waals surface area contributed by atoms with Gasteiger partial charge in [-0.05, 0) is 45.4 Å². The van der Waals surface area contributed by atoms with Gasteiger partial charge in [-0.15, -0.1) is 0 Å². The van der Waals surface area contributed by atoms with Crippen molar-refractivity contribution in [2.24, 2.45) is 0 Å². The molecule has 2 aliphatic rings. The number of nitro groups is 1. The third kappa shape index (κ3) is 7.41. The normalized spacial score (nSPS) is 18.2. The van der Waals surface area contributed by atoms with Crippen LogP contribution in [0.2, 0.25) is 0 Å². The van der Waals surface area contributed by atoms with Crippen molar-refractivity contribution >= 4 is 34.9 Å². The number of aliphatic hydroxyl groups excluding tert-OH is 1. The van der Waals surface area contributed by atoms with Crippen molar-refractivity contribution in [1.82, 2.24) is 19.8 Å². The predicted octanol–water partition coefficient (Wildman–Crippen LogP) is 2.80. The van der Waals surface area contributed by atoms with Gasteiger partial charge in [0, 0.05) is 57.5 Å². The summed E-state index contributed by atoms with van der Waals surface area (Å²) in [6, 6.07) is 4.52. The van der Waals surface area contributed by atoms with Crippen LogP contribution in [0, 0.1) is 15.9 Å². The molecule has 3 N–H and O–H groups in total. The van der Waals surface area contributed by atoms with E-state index in [9.17, 15) is 19.3 Å². The number of benzene rings is 1. The monoisotopic (exact) mass is 546 g/mol. The van der Waals surface area contributed by atoms with Gasteiger partial charge in [-0.3, -0.25) is 15.0 Å². The molecule has 2 aliphatic heterocycles. The van der Waals surface area contributed by atoms with E-state index < -0.39 is 22.4 Å². The summed E-state index contributed by atoms with van der Waals surface area (Å²) in [5.74, 6) is -0.536. The number of nitrogens with one attached hydrogen (secondary N) is 2. The van der Waals surface area contributed by atoms with E-state index in [0.29, 0.717) is 26.1 Å². The van der Waals surface area contributed by atoms with Crippen LogP contribution < -0.4 is 15.5 Å². The summed E-state index contributed by atoms with van der Waals surface area (Å²) in [5.41, 5.74) is -0.0801. The van der Waals surface area contributed by atoms with Gasteiger partial charge in [-0.25, -0.2) is 14.2 Å². The lowest BCUT2D eigenvalue weighted by molar-refractivity contribution is -0.384. The average molecular weight is 547 g/mol. The van der Waals surface area contributed by atoms with Gasteiger partial charge in [0.05, 0.1) is 17.2 Å². The van der Waals surface area contributed by atoms with Gasteiger partial charge in [0.25, 0.3) is 0 Å². The van der Waals surface area contributed by atoms with E-state index in [1.54, 1.807) is 37.8 Å². The molecule has 1 aromatic heterocycles. The van der Waals surface area contributed by atoms with Crippen molar-refractivity contribution in [2.75, 3.05) is 68.0 Å². The second kappa shape index (κ2) is 11.9. The summed E-state index contributed by atoms with van der Waals surface area (Å²) in [5, 5.41) is 26.6. The second-order valence-electron chi connectivity index (χ2n) is 10.6. The predicted molar refractivity (Wildman–Crippen MR) is 144 cm³/mol. The van der Waals surface area contributed by atoms with Crippen molar-refractivity contribution in [3.05, 3.63) is 40.3 Å². The van der Waals surface area contributed by atoms with E-state index in [1.165, 1.54) is 6.07 Å². The first-order chi connectivity index (χ1) is 18.5. The number of aliphatic hydroxyl groups is 1. The molecule has 1 aromatic carbocycles. The zero-order valence-electron chi connectivity index (χ0n) is 22.4. The number of carbonyl (C=O) groups excluding carboxylic acids is 1. The van der Waals surface area contributed by atoms with Crippen molar-refractivity contribution < 1.29 is 24.0 Å². The maximum Gasteiger partial charge on any atom is 0.410 e. The van der Waals surface area contributed by atoms with Crippen molar-refractivity contribution in [1.29, 1.82) is 0 Å². The van der Waals surface area contributed by atoms with Gasteiger partial charge in [0.1, 0.15) is 17.6 Å². The molecule has 1 amide bonds. The molecule has 2 fully saturated rings. The zero-order valence-corrected chi connectivity index (χ0v) is 22.4. The Morgan fingerprint density at radius 2 is 2.00 bits per heavy atom. The minimum atomic E-state index is -0.628. The number of halogens is 1. The molecule has 39 heavy (non-hydrogen) atoms. The highest BCUT2D eigenvalue weighted by atomic mass is 19.1. The van der Waals surface area contributed by atoms with E-state index in [2.05, 4.69) is 30.4 Å². The molecule has 0 bridgehead atoms. The fourth-order valence-electron chi connectivity index (χ4n) is 4.53. The number of ether oxygens (including phenoxy) is 1. The molecule has 1 unspecified atom stereocenters. The van der Waals surface area contributed by atoms with Crippen LogP contribution in [0.3, 0.4) is 0 Å². The molecule has 0 aliphatic carbocycles. The lowest BCUT2D eigenvalue weighted by Gasteiger charge is -2.35. The van der Waals surface area contributed by atoms with E-state index >= 15 is 0 Å². The van der Waals surface area contributed by atoms with Gasteiger partial charge in [-0.1, -0.05) is 0 Å². The van der Waals surface area contributed by atoms with E-state index in [1.807, 2.05) is 0 Å². The standard InChI is InChI=1S/C25H35FN8O5/c1-25(2,3)39-24(36)33-7-6-17(16-33)28-22-21(34(37)38)15-27-23(30-22)29-20-5-4-18(14-19(20)26)32-10-8-31(9-11-32)12-13-35/h4-5,14-15,17,35H,6-13,16H2,1-3H3,(H2,27,28,29,30). The summed E-state index contributed by atoms with van der Waals surface area (Å²) < 4.78 is 20.4. The Hall–Kier alpha value is -3.78. The highest BCUT2D eigenvalue weighted by molar-refractivity contribution is 5.69. The number of anilines is 4. The second-order valence-corrected chi connectivity index (χ2v) is 10.6. The summed E-state index contributed by atoms with van der Waals surface area (Å²) in [6.07, 6.45) is 1.17. The van der Waals surface area contributed by atoms with Gasteiger partial charge in [0.15, 0.2) is 0 Å². The van der Waals surface area contributed by atoms with Crippen molar-refractivity contribution in [3.63, 3.8) is 0 Å².